The molecule has 0 aliphatic heterocycles. The van der Waals surface area contributed by atoms with Crippen molar-refractivity contribution in [2.75, 3.05) is 13.7 Å². The zero-order valence-corrected chi connectivity index (χ0v) is 13.4. The molecule has 0 amide bonds. The van der Waals surface area contributed by atoms with E-state index >= 15 is 0 Å². The van der Waals surface area contributed by atoms with E-state index in [9.17, 15) is 0 Å². The molecule has 0 fully saturated rings. The van der Waals surface area contributed by atoms with Crippen molar-refractivity contribution >= 4 is 0 Å². The third kappa shape index (κ3) is 4.56. The second-order valence-electron chi connectivity index (χ2n) is 5.01. The van der Waals surface area contributed by atoms with Gasteiger partial charge in [-0.2, -0.15) is 10.1 Å². The second-order valence-corrected chi connectivity index (χ2v) is 5.01. The van der Waals surface area contributed by atoms with Crippen molar-refractivity contribution in [2.24, 2.45) is 0 Å². The van der Waals surface area contributed by atoms with Gasteiger partial charge in [-0.15, -0.1) is 0 Å². The van der Waals surface area contributed by atoms with E-state index in [-0.39, 0.29) is 6.61 Å². The average molecular weight is 329 g/mol. The van der Waals surface area contributed by atoms with Gasteiger partial charge in [0, 0.05) is 18.9 Å². The van der Waals surface area contributed by atoms with E-state index < -0.39 is 0 Å². The maximum Gasteiger partial charge on any atom is 0.240 e. The summed E-state index contributed by atoms with van der Waals surface area (Å²) in [6.45, 7) is 2.32. The topological polar surface area (TPSA) is 87.2 Å². The van der Waals surface area contributed by atoms with Crippen LogP contribution in [0.25, 0.3) is 0 Å². The summed E-state index contributed by atoms with van der Waals surface area (Å²) in [5.41, 5.74) is 0. The Morgan fingerprint density at radius 1 is 1.21 bits per heavy atom. The standard InChI is InChI=1S/C16H19N5O3/c1-22-13-3-5-14(6-4-13)23-12-15-19-16(24-20-15)11-17-8-10-21-9-2-7-18-21/h2-7,9,17H,8,10-12H2,1H3. The molecule has 0 bridgehead atoms. The smallest absolute Gasteiger partial charge is 0.240 e. The number of hydrogen-bond acceptors (Lipinski definition) is 7. The highest BCUT2D eigenvalue weighted by Crippen LogP contribution is 2.17. The summed E-state index contributed by atoms with van der Waals surface area (Å²) in [6.07, 6.45) is 3.68. The maximum absolute atomic E-state index is 5.61. The highest BCUT2D eigenvalue weighted by Gasteiger charge is 2.07. The first kappa shape index (κ1) is 16.0. The number of hydrogen-bond donors (Lipinski definition) is 1. The first-order chi connectivity index (χ1) is 11.8. The van der Waals surface area contributed by atoms with Gasteiger partial charge in [-0.05, 0) is 30.3 Å². The first-order valence-electron chi connectivity index (χ1n) is 7.60. The molecule has 0 spiro atoms. The average Bonchev–Trinajstić information content (AvgIpc) is 3.29. The first-order valence-corrected chi connectivity index (χ1v) is 7.60. The van der Waals surface area contributed by atoms with Crippen LogP contribution in [-0.2, 0) is 19.7 Å². The van der Waals surface area contributed by atoms with Crippen LogP contribution in [0.4, 0.5) is 0 Å². The van der Waals surface area contributed by atoms with Gasteiger partial charge >= 0.3 is 0 Å². The van der Waals surface area contributed by atoms with Crippen LogP contribution in [0.1, 0.15) is 11.7 Å². The summed E-state index contributed by atoms with van der Waals surface area (Å²) in [5, 5.41) is 11.3. The fourth-order valence-electron chi connectivity index (χ4n) is 2.06. The summed E-state index contributed by atoms with van der Waals surface area (Å²) in [7, 11) is 1.62. The normalized spacial score (nSPS) is 10.7. The Hall–Kier alpha value is -2.87. The molecule has 0 radical (unpaired) electrons. The molecular formula is C16H19N5O3. The Morgan fingerprint density at radius 3 is 2.79 bits per heavy atom. The van der Waals surface area contributed by atoms with Gasteiger partial charge in [-0.1, -0.05) is 5.16 Å². The van der Waals surface area contributed by atoms with Crippen molar-refractivity contribution in [2.45, 2.75) is 19.7 Å². The summed E-state index contributed by atoms with van der Waals surface area (Å²) in [5.74, 6) is 2.54. The molecule has 0 saturated carbocycles. The van der Waals surface area contributed by atoms with Gasteiger partial charge in [0.25, 0.3) is 0 Å². The minimum atomic E-state index is 0.253. The second kappa shape index (κ2) is 8.11. The van der Waals surface area contributed by atoms with Gasteiger partial charge in [0.05, 0.1) is 20.2 Å². The van der Waals surface area contributed by atoms with Crippen molar-refractivity contribution in [3.63, 3.8) is 0 Å². The van der Waals surface area contributed by atoms with Crippen LogP contribution in [0.2, 0.25) is 0 Å². The quantitative estimate of drug-likeness (QED) is 0.597. The molecule has 8 heteroatoms. The van der Waals surface area contributed by atoms with Crippen LogP contribution in [0.3, 0.4) is 0 Å². The highest BCUT2D eigenvalue weighted by atomic mass is 16.5. The fraction of sp³-hybridized carbons (Fsp3) is 0.312. The SMILES string of the molecule is COc1ccc(OCc2noc(CNCCn3cccn3)n2)cc1. The third-order valence-corrected chi connectivity index (χ3v) is 3.29. The molecule has 0 atom stereocenters. The van der Waals surface area contributed by atoms with Crippen molar-refractivity contribution in [1.29, 1.82) is 0 Å². The molecular weight excluding hydrogens is 310 g/mol. The van der Waals surface area contributed by atoms with Crippen molar-refractivity contribution < 1.29 is 14.0 Å². The van der Waals surface area contributed by atoms with Crippen LogP contribution < -0.4 is 14.8 Å². The Kier molecular flexibility index (Phi) is 5.41. The number of ether oxygens (including phenoxy) is 2. The van der Waals surface area contributed by atoms with Crippen LogP contribution in [0.15, 0.2) is 47.2 Å². The number of nitrogens with one attached hydrogen (secondary N) is 1. The molecule has 1 aromatic carbocycles. The van der Waals surface area contributed by atoms with E-state index in [1.807, 2.05) is 41.2 Å². The lowest BCUT2D eigenvalue weighted by atomic mass is 10.3. The zero-order valence-electron chi connectivity index (χ0n) is 13.4. The van der Waals surface area contributed by atoms with E-state index in [0.29, 0.717) is 18.3 Å². The molecule has 8 nitrogen and oxygen atoms in total. The Bertz CT molecular complexity index is 725. The molecule has 0 aliphatic carbocycles. The molecule has 0 aliphatic rings. The van der Waals surface area contributed by atoms with Crippen LogP contribution in [-0.4, -0.2) is 33.6 Å². The van der Waals surface area contributed by atoms with Gasteiger partial charge in [0.1, 0.15) is 11.5 Å². The monoisotopic (exact) mass is 329 g/mol. The summed E-state index contributed by atoms with van der Waals surface area (Å²) in [6, 6.07) is 9.22. The van der Waals surface area contributed by atoms with Gasteiger partial charge in [-0.25, -0.2) is 0 Å². The molecule has 126 valence electrons. The molecule has 2 aromatic heterocycles. The molecule has 0 unspecified atom stereocenters. The minimum Gasteiger partial charge on any atom is -0.497 e. The largest absolute Gasteiger partial charge is 0.497 e. The summed E-state index contributed by atoms with van der Waals surface area (Å²) in [4.78, 5) is 4.28. The lowest BCUT2D eigenvalue weighted by molar-refractivity contribution is 0.284. The van der Waals surface area contributed by atoms with E-state index in [2.05, 4.69) is 20.6 Å². The van der Waals surface area contributed by atoms with Gasteiger partial charge in [0.2, 0.25) is 11.7 Å². The van der Waals surface area contributed by atoms with Crippen molar-refractivity contribution in [3.8, 4) is 11.5 Å². The fourth-order valence-corrected chi connectivity index (χ4v) is 2.06. The molecule has 3 aromatic rings. The van der Waals surface area contributed by atoms with Gasteiger partial charge in [-0.3, -0.25) is 4.68 Å². The molecule has 1 N–H and O–H groups in total. The summed E-state index contributed by atoms with van der Waals surface area (Å²) >= 11 is 0. The van der Waals surface area contributed by atoms with Gasteiger partial charge < -0.3 is 19.3 Å². The minimum absolute atomic E-state index is 0.253. The maximum atomic E-state index is 5.61. The van der Waals surface area contributed by atoms with E-state index in [1.54, 1.807) is 13.3 Å². The molecule has 3 rings (SSSR count). The Morgan fingerprint density at radius 2 is 2.04 bits per heavy atom. The van der Waals surface area contributed by atoms with Crippen LogP contribution in [0, 0.1) is 0 Å². The van der Waals surface area contributed by atoms with Crippen molar-refractivity contribution in [3.05, 3.63) is 54.4 Å². The number of benzene rings is 1. The predicted octanol–water partition coefficient (Wildman–Crippen LogP) is 1.64. The van der Waals surface area contributed by atoms with Crippen molar-refractivity contribution in [1.82, 2.24) is 25.2 Å². The van der Waals surface area contributed by atoms with E-state index in [0.717, 1.165) is 24.6 Å². The number of nitrogens with zero attached hydrogens (tertiary/aromatic N) is 4. The molecule has 24 heavy (non-hydrogen) atoms. The highest BCUT2D eigenvalue weighted by molar-refractivity contribution is 5.31. The zero-order chi connectivity index (χ0) is 16.6. The molecule has 0 saturated heterocycles. The number of aromatic nitrogens is 4. The summed E-state index contributed by atoms with van der Waals surface area (Å²) < 4.78 is 17.7. The van der Waals surface area contributed by atoms with Gasteiger partial charge in [0.15, 0.2) is 6.61 Å². The lowest BCUT2D eigenvalue weighted by Gasteiger charge is -2.04. The molecule has 2 heterocycles. The van der Waals surface area contributed by atoms with Crippen LogP contribution in [0.5, 0.6) is 11.5 Å². The number of methoxy groups -OCH3 is 1. The third-order valence-electron chi connectivity index (χ3n) is 3.29. The van der Waals surface area contributed by atoms with E-state index in [4.69, 9.17) is 14.0 Å². The lowest BCUT2D eigenvalue weighted by Crippen LogP contribution is -2.19. The Balaban J connectivity index is 1.39. The van der Waals surface area contributed by atoms with E-state index in [1.165, 1.54) is 0 Å². The number of rotatable bonds is 9. The Labute approximate surface area is 139 Å². The van der Waals surface area contributed by atoms with Crippen LogP contribution >= 0.6 is 0 Å². The predicted molar refractivity (Wildman–Crippen MR) is 85.6 cm³/mol.